The lowest BCUT2D eigenvalue weighted by atomic mass is 10.1. The Bertz CT molecular complexity index is 568. The van der Waals surface area contributed by atoms with E-state index in [2.05, 4.69) is 5.32 Å². The first-order valence-corrected chi connectivity index (χ1v) is 8.86. The molecule has 0 aromatic heterocycles. The van der Waals surface area contributed by atoms with Crippen LogP contribution < -0.4 is 10.1 Å². The maximum Gasteiger partial charge on any atom is 0.155 e. The van der Waals surface area contributed by atoms with Crippen LogP contribution in [0.15, 0.2) is 18.2 Å². The van der Waals surface area contributed by atoms with E-state index < -0.39 is 9.84 Å². The first kappa shape index (κ1) is 15.3. The van der Waals surface area contributed by atoms with Crippen LogP contribution in [0, 0.1) is 0 Å². The molecule has 0 heterocycles. The predicted octanol–water partition coefficient (Wildman–Crippen LogP) is 2.10. The highest BCUT2D eigenvalue weighted by molar-refractivity contribution is 7.92. The highest BCUT2D eigenvalue weighted by atomic mass is 32.2. The van der Waals surface area contributed by atoms with Gasteiger partial charge in [-0.3, -0.25) is 0 Å². The molecule has 1 aromatic carbocycles. The third-order valence-electron chi connectivity index (χ3n) is 3.85. The zero-order valence-corrected chi connectivity index (χ0v) is 13.2. The molecule has 2 unspecified atom stereocenters. The Morgan fingerprint density at radius 2 is 2.10 bits per heavy atom. The third kappa shape index (κ3) is 2.83. The zero-order valence-electron chi connectivity index (χ0n) is 12.3. The molecule has 1 aliphatic carbocycles. The summed E-state index contributed by atoms with van der Waals surface area (Å²) in [7, 11) is -1.44. The van der Waals surface area contributed by atoms with Gasteiger partial charge in [0.1, 0.15) is 5.75 Å². The molecular weight excluding hydrogens is 274 g/mol. The summed E-state index contributed by atoms with van der Waals surface area (Å²) < 4.78 is 30.2. The molecule has 0 spiro atoms. The van der Waals surface area contributed by atoms with E-state index in [9.17, 15) is 8.42 Å². The van der Waals surface area contributed by atoms with Gasteiger partial charge < -0.3 is 10.1 Å². The Hall–Kier alpha value is -1.07. The first-order chi connectivity index (χ1) is 9.53. The monoisotopic (exact) mass is 297 g/mol. The minimum atomic E-state index is -3.07. The van der Waals surface area contributed by atoms with Gasteiger partial charge in [0.15, 0.2) is 9.84 Å². The third-order valence-corrected chi connectivity index (χ3v) is 6.19. The van der Waals surface area contributed by atoms with Crippen molar-refractivity contribution in [1.29, 1.82) is 0 Å². The van der Waals surface area contributed by atoms with E-state index in [0.717, 1.165) is 23.4 Å². The second-order valence-corrected chi connectivity index (χ2v) is 7.55. The van der Waals surface area contributed by atoms with E-state index in [1.165, 1.54) is 0 Å². The lowest BCUT2D eigenvalue weighted by Gasteiger charge is -2.21. The van der Waals surface area contributed by atoms with Crippen molar-refractivity contribution < 1.29 is 13.2 Å². The molecule has 4 nitrogen and oxygen atoms in total. The van der Waals surface area contributed by atoms with Gasteiger partial charge in [0.25, 0.3) is 0 Å². The minimum absolute atomic E-state index is 0.123. The van der Waals surface area contributed by atoms with Crippen molar-refractivity contribution in [3.63, 3.8) is 0 Å². The summed E-state index contributed by atoms with van der Waals surface area (Å²) in [6, 6.07) is 5.72. The van der Waals surface area contributed by atoms with Gasteiger partial charge in [-0.15, -0.1) is 0 Å². The van der Waals surface area contributed by atoms with Crippen molar-refractivity contribution in [2.24, 2.45) is 0 Å². The fourth-order valence-corrected chi connectivity index (χ4v) is 4.90. The summed E-state index contributed by atoms with van der Waals surface area (Å²) >= 11 is 0. The van der Waals surface area contributed by atoms with Crippen molar-refractivity contribution >= 4 is 9.84 Å². The van der Waals surface area contributed by atoms with E-state index in [4.69, 9.17) is 4.74 Å². The quantitative estimate of drug-likeness (QED) is 0.873. The van der Waals surface area contributed by atoms with Crippen molar-refractivity contribution in [3.8, 4) is 5.75 Å². The molecule has 0 amide bonds. The van der Waals surface area contributed by atoms with Crippen LogP contribution in [0.25, 0.3) is 0 Å². The van der Waals surface area contributed by atoms with E-state index in [1.54, 1.807) is 7.11 Å². The van der Waals surface area contributed by atoms with Gasteiger partial charge in [0.2, 0.25) is 0 Å². The number of benzene rings is 1. The van der Waals surface area contributed by atoms with Crippen LogP contribution in [0.3, 0.4) is 0 Å². The van der Waals surface area contributed by atoms with Gasteiger partial charge in [0, 0.05) is 6.04 Å². The van der Waals surface area contributed by atoms with Gasteiger partial charge in [-0.1, -0.05) is 19.9 Å². The van der Waals surface area contributed by atoms with Crippen molar-refractivity contribution in [3.05, 3.63) is 29.3 Å². The van der Waals surface area contributed by atoms with Crippen LogP contribution in [0.1, 0.15) is 37.4 Å². The first-order valence-electron chi connectivity index (χ1n) is 7.15. The van der Waals surface area contributed by atoms with E-state index in [0.29, 0.717) is 12.8 Å². The Balaban J connectivity index is 2.39. The smallest absolute Gasteiger partial charge is 0.155 e. The predicted molar refractivity (Wildman–Crippen MR) is 81.0 cm³/mol. The molecule has 0 bridgehead atoms. The number of nitrogens with one attached hydrogen (secondary N) is 1. The number of fused-ring (bicyclic) bond motifs is 1. The second-order valence-electron chi connectivity index (χ2n) is 5.21. The summed E-state index contributed by atoms with van der Waals surface area (Å²) in [6.07, 6.45) is 1.26. The maximum absolute atomic E-state index is 12.5. The van der Waals surface area contributed by atoms with Crippen LogP contribution >= 0.6 is 0 Å². The van der Waals surface area contributed by atoms with Crippen molar-refractivity contribution in [1.82, 2.24) is 5.32 Å². The van der Waals surface area contributed by atoms with Crippen LogP contribution in [-0.2, 0) is 16.3 Å². The molecule has 2 rings (SSSR count). The standard InChI is InChI=1S/C15H23NO3S/c1-4-8-20(17,18)14-9-11-6-7-12(19-3)10-13(11)15(14)16-5-2/h6-7,10,14-16H,4-5,8-9H2,1-3H3. The number of rotatable bonds is 6. The van der Waals surface area contributed by atoms with Gasteiger partial charge in [0.05, 0.1) is 18.1 Å². The van der Waals surface area contributed by atoms with Crippen molar-refractivity contribution in [2.75, 3.05) is 19.4 Å². The molecule has 2 atom stereocenters. The second kappa shape index (κ2) is 6.14. The van der Waals surface area contributed by atoms with E-state index in [-0.39, 0.29) is 17.0 Å². The Morgan fingerprint density at radius 3 is 2.70 bits per heavy atom. The molecule has 20 heavy (non-hydrogen) atoms. The number of sulfone groups is 1. The number of hydrogen-bond acceptors (Lipinski definition) is 4. The number of ether oxygens (including phenoxy) is 1. The molecule has 1 aromatic rings. The van der Waals surface area contributed by atoms with Crippen molar-refractivity contribution in [2.45, 2.75) is 38.0 Å². The van der Waals surface area contributed by atoms with E-state index in [1.807, 2.05) is 32.0 Å². The molecule has 0 aliphatic heterocycles. The topological polar surface area (TPSA) is 55.4 Å². The highest BCUT2D eigenvalue weighted by Gasteiger charge is 2.40. The molecule has 0 fully saturated rings. The summed E-state index contributed by atoms with van der Waals surface area (Å²) in [4.78, 5) is 0. The van der Waals surface area contributed by atoms with Gasteiger partial charge >= 0.3 is 0 Å². The zero-order chi connectivity index (χ0) is 14.8. The summed E-state index contributed by atoms with van der Waals surface area (Å²) in [5.74, 6) is 1.03. The summed E-state index contributed by atoms with van der Waals surface area (Å²) in [5.41, 5.74) is 2.18. The SMILES string of the molecule is CCCS(=O)(=O)C1Cc2ccc(OC)cc2C1NCC. The lowest BCUT2D eigenvalue weighted by molar-refractivity contribution is 0.413. The van der Waals surface area contributed by atoms with E-state index >= 15 is 0 Å². The van der Waals surface area contributed by atoms with Gasteiger partial charge in [-0.2, -0.15) is 0 Å². The average Bonchev–Trinajstić information content (AvgIpc) is 2.78. The molecule has 112 valence electrons. The molecule has 0 radical (unpaired) electrons. The molecule has 1 aliphatic rings. The van der Waals surface area contributed by atoms with Crippen LogP contribution in [0.2, 0.25) is 0 Å². The Morgan fingerprint density at radius 1 is 1.35 bits per heavy atom. The Labute approximate surface area is 121 Å². The molecule has 0 saturated carbocycles. The normalized spacial score (nSPS) is 21.8. The fraction of sp³-hybridized carbons (Fsp3) is 0.600. The minimum Gasteiger partial charge on any atom is -0.497 e. The van der Waals surface area contributed by atoms with Crippen LogP contribution in [-0.4, -0.2) is 33.1 Å². The maximum atomic E-state index is 12.5. The largest absolute Gasteiger partial charge is 0.497 e. The summed E-state index contributed by atoms with van der Waals surface area (Å²) in [5, 5.41) is 2.97. The molecular formula is C15H23NO3S. The fourth-order valence-electron chi connectivity index (χ4n) is 2.94. The molecule has 0 saturated heterocycles. The molecule has 5 heteroatoms. The Kier molecular flexibility index (Phi) is 4.70. The highest BCUT2D eigenvalue weighted by Crippen LogP contribution is 2.37. The molecule has 1 N–H and O–H groups in total. The number of hydrogen-bond donors (Lipinski definition) is 1. The average molecular weight is 297 g/mol. The lowest BCUT2D eigenvalue weighted by Crippen LogP contribution is -2.35. The number of methoxy groups -OCH3 is 1. The summed E-state index contributed by atoms with van der Waals surface area (Å²) in [6.45, 7) is 4.66. The van der Waals surface area contributed by atoms with Gasteiger partial charge in [-0.05, 0) is 42.6 Å². The van der Waals surface area contributed by atoms with Crippen LogP contribution in [0.4, 0.5) is 0 Å². The van der Waals surface area contributed by atoms with Gasteiger partial charge in [-0.25, -0.2) is 8.42 Å². The van der Waals surface area contributed by atoms with Crippen LogP contribution in [0.5, 0.6) is 5.75 Å².